The second kappa shape index (κ2) is 9.24. The lowest BCUT2D eigenvalue weighted by molar-refractivity contribution is 0.208. The first-order valence-electron chi connectivity index (χ1n) is 7.79. The molecule has 1 aromatic carbocycles. The summed E-state index contributed by atoms with van der Waals surface area (Å²) in [5.41, 5.74) is 1.00. The summed E-state index contributed by atoms with van der Waals surface area (Å²) < 4.78 is 24.2. The van der Waals surface area contributed by atoms with E-state index in [1.54, 1.807) is 12.1 Å². The summed E-state index contributed by atoms with van der Waals surface area (Å²) >= 11 is 0. The van der Waals surface area contributed by atoms with E-state index < -0.39 is 7.60 Å². The molecule has 0 spiro atoms. The molecule has 0 amide bonds. The number of unbranched alkanes of at least 4 members (excludes halogenated alkanes) is 2. The summed E-state index contributed by atoms with van der Waals surface area (Å²) in [6.45, 7) is 6.84. The monoisotopic (exact) mass is 314 g/mol. The average Bonchev–Trinajstić information content (AvgIpc) is 2.48. The molecular weight excluding hydrogens is 287 g/mol. The van der Waals surface area contributed by atoms with Crippen LogP contribution >= 0.6 is 7.60 Å². The maximum Gasteiger partial charge on any atom is 0.365 e. The summed E-state index contributed by atoms with van der Waals surface area (Å²) in [5, 5.41) is 10.3. The first kappa shape index (κ1) is 18.2. The van der Waals surface area contributed by atoms with Gasteiger partial charge in [-0.1, -0.05) is 39.7 Å². The average molecular weight is 314 g/mol. The predicted octanol–water partition coefficient (Wildman–Crippen LogP) is 4.41. The zero-order valence-corrected chi connectivity index (χ0v) is 14.2. The highest BCUT2D eigenvalue weighted by atomic mass is 31.2. The van der Waals surface area contributed by atoms with Crippen LogP contribution in [0.2, 0.25) is 0 Å². The van der Waals surface area contributed by atoms with Crippen molar-refractivity contribution in [2.45, 2.75) is 52.9 Å². The van der Waals surface area contributed by atoms with Crippen molar-refractivity contribution in [1.82, 2.24) is 0 Å². The number of phenols is 1. The van der Waals surface area contributed by atoms with Crippen molar-refractivity contribution < 1.29 is 18.7 Å². The number of benzene rings is 1. The Hall–Kier alpha value is -0.830. The van der Waals surface area contributed by atoms with Crippen molar-refractivity contribution in [3.63, 3.8) is 0 Å². The highest BCUT2D eigenvalue weighted by Crippen LogP contribution is 2.49. The maximum atomic E-state index is 13.0. The van der Waals surface area contributed by atoms with E-state index in [0.29, 0.717) is 13.2 Å². The Bertz CT molecular complexity index is 459. The summed E-state index contributed by atoms with van der Waals surface area (Å²) in [6.07, 6.45) is 4.34. The van der Waals surface area contributed by atoms with Gasteiger partial charge < -0.3 is 14.2 Å². The van der Waals surface area contributed by atoms with E-state index in [4.69, 9.17) is 9.05 Å². The van der Waals surface area contributed by atoms with E-state index >= 15 is 0 Å². The van der Waals surface area contributed by atoms with Crippen LogP contribution in [-0.4, -0.2) is 18.3 Å². The lowest BCUT2D eigenvalue weighted by Gasteiger charge is -2.20. The van der Waals surface area contributed by atoms with E-state index in [2.05, 4.69) is 0 Å². The lowest BCUT2D eigenvalue weighted by Crippen LogP contribution is -2.13. The number of aryl methyl sites for hydroxylation is 1. The van der Waals surface area contributed by atoms with Gasteiger partial charge in [0.2, 0.25) is 0 Å². The molecule has 21 heavy (non-hydrogen) atoms. The molecule has 0 aliphatic rings. The van der Waals surface area contributed by atoms with Crippen LogP contribution in [-0.2, 0) is 20.0 Å². The molecule has 0 bridgehead atoms. The largest absolute Gasteiger partial charge is 0.507 e. The molecule has 4 nitrogen and oxygen atoms in total. The highest BCUT2D eigenvalue weighted by Gasteiger charge is 2.30. The SMILES string of the molecule is CCCCOP(=O)(OCCCC)c1cc(CC)ccc1O. The van der Waals surface area contributed by atoms with Crippen LogP contribution < -0.4 is 5.30 Å². The van der Waals surface area contributed by atoms with Gasteiger partial charge in [0, 0.05) is 0 Å². The van der Waals surface area contributed by atoms with Gasteiger partial charge in [0.15, 0.2) is 0 Å². The Morgan fingerprint density at radius 3 is 2.10 bits per heavy atom. The predicted molar refractivity (Wildman–Crippen MR) is 86.4 cm³/mol. The van der Waals surface area contributed by atoms with Crippen molar-refractivity contribution >= 4 is 12.9 Å². The zero-order valence-electron chi connectivity index (χ0n) is 13.3. The van der Waals surface area contributed by atoms with Crippen molar-refractivity contribution in [1.29, 1.82) is 0 Å². The number of phenolic OH excluding ortho intramolecular Hbond substituents is 1. The van der Waals surface area contributed by atoms with Gasteiger partial charge in [-0.15, -0.1) is 0 Å². The molecule has 0 unspecified atom stereocenters. The number of hydrogen-bond donors (Lipinski definition) is 1. The zero-order chi connectivity index (χ0) is 15.7. The smallest absolute Gasteiger partial charge is 0.365 e. The Kier molecular flexibility index (Phi) is 8.02. The van der Waals surface area contributed by atoms with Gasteiger partial charge in [0.25, 0.3) is 0 Å². The molecule has 0 radical (unpaired) electrons. The third kappa shape index (κ3) is 5.46. The molecule has 0 aliphatic heterocycles. The van der Waals surface area contributed by atoms with Crippen LogP contribution in [0.4, 0.5) is 0 Å². The van der Waals surface area contributed by atoms with Crippen LogP contribution in [0.5, 0.6) is 5.75 Å². The van der Waals surface area contributed by atoms with Gasteiger partial charge in [-0.3, -0.25) is 4.57 Å². The second-order valence-electron chi connectivity index (χ2n) is 5.05. The van der Waals surface area contributed by atoms with Gasteiger partial charge >= 0.3 is 7.60 Å². The molecule has 0 aliphatic carbocycles. The quantitative estimate of drug-likeness (QED) is 0.513. The Labute approximate surface area is 128 Å². The molecule has 0 saturated carbocycles. The summed E-state index contributed by atoms with van der Waals surface area (Å²) in [6, 6.07) is 5.11. The Balaban J connectivity index is 3.00. The molecule has 0 saturated heterocycles. The molecule has 0 atom stereocenters. The molecule has 0 heterocycles. The van der Waals surface area contributed by atoms with Crippen LogP contribution in [0.25, 0.3) is 0 Å². The van der Waals surface area contributed by atoms with E-state index in [1.165, 1.54) is 0 Å². The highest BCUT2D eigenvalue weighted by molar-refractivity contribution is 7.62. The minimum Gasteiger partial charge on any atom is -0.507 e. The summed E-state index contributed by atoms with van der Waals surface area (Å²) in [4.78, 5) is 0. The molecule has 120 valence electrons. The standard InChI is InChI=1S/C16H27O4P/c1-4-7-11-19-21(18,20-12-8-5-2)16-13-14(6-3)9-10-15(16)17/h9-10,13,17H,4-8,11-12H2,1-3H3. The van der Waals surface area contributed by atoms with Crippen LogP contribution in [0, 0.1) is 0 Å². The van der Waals surface area contributed by atoms with Crippen molar-refractivity contribution in [3.8, 4) is 5.75 Å². The number of hydrogen-bond acceptors (Lipinski definition) is 4. The lowest BCUT2D eigenvalue weighted by atomic mass is 10.2. The normalized spacial score (nSPS) is 11.8. The molecule has 1 aromatic rings. The first-order chi connectivity index (χ1) is 10.1. The number of rotatable bonds is 10. The molecular formula is C16H27O4P. The topological polar surface area (TPSA) is 55.8 Å². The fourth-order valence-corrected chi connectivity index (χ4v) is 3.61. The molecule has 1 N–H and O–H groups in total. The fourth-order valence-electron chi connectivity index (χ4n) is 1.84. The van der Waals surface area contributed by atoms with Crippen LogP contribution in [0.3, 0.4) is 0 Å². The number of aromatic hydroxyl groups is 1. The van der Waals surface area contributed by atoms with Crippen LogP contribution in [0.15, 0.2) is 18.2 Å². The Morgan fingerprint density at radius 1 is 1.05 bits per heavy atom. The van der Waals surface area contributed by atoms with Gasteiger partial charge in [-0.2, -0.15) is 0 Å². The van der Waals surface area contributed by atoms with E-state index in [0.717, 1.165) is 37.7 Å². The van der Waals surface area contributed by atoms with E-state index in [9.17, 15) is 9.67 Å². The molecule has 5 heteroatoms. The van der Waals surface area contributed by atoms with E-state index in [1.807, 2.05) is 26.8 Å². The third-order valence-electron chi connectivity index (χ3n) is 3.26. The Morgan fingerprint density at radius 2 is 1.62 bits per heavy atom. The first-order valence-corrected chi connectivity index (χ1v) is 9.33. The molecule has 0 aromatic heterocycles. The maximum absolute atomic E-state index is 13.0. The van der Waals surface area contributed by atoms with Crippen molar-refractivity contribution in [2.24, 2.45) is 0 Å². The van der Waals surface area contributed by atoms with Crippen molar-refractivity contribution in [2.75, 3.05) is 13.2 Å². The summed E-state index contributed by atoms with van der Waals surface area (Å²) in [7, 11) is -3.46. The van der Waals surface area contributed by atoms with Gasteiger partial charge in [0.05, 0.1) is 13.2 Å². The van der Waals surface area contributed by atoms with Gasteiger partial charge in [-0.05, 0) is 37.0 Å². The van der Waals surface area contributed by atoms with Gasteiger partial charge in [0.1, 0.15) is 11.1 Å². The molecule has 0 fully saturated rings. The van der Waals surface area contributed by atoms with Gasteiger partial charge in [-0.25, -0.2) is 0 Å². The van der Waals surface area contributed by atoms with Crippen molar-refractivity contribution in [3.05, 3.63) is 23.8 Å². The minimum atomic E-state index is -3.46. The summed E-state index contributed by atoms with van der Waals surface area (Å²) in [5.74, 6) is -0.0245. The van der Waals surface area contributed by atoms with E-state index in [-0.39, 0.29) is 11.1 Å². The minimum absolute atomic E-state index is 0.0245. The molecule has 1 rings (SSSR count). The third-order valence-corrected chi connectivity index (χ3v) is 5.25. The van der Waals surface area contributed by atoms with Crippen LogP contribution in [0.1, 0.15) is 52.0 Å². The second-order valence-corrected chi connectivity index (χ2v) is 7.04. The fraction of sp³-hybridized carbons (Fsp3) is 0.625.